The van der Waals surface area contributed by atoms with Crippen molar-refractivity contribution in [2.45, 2.75) is 26.0 Å². The molecule has 0 aromatic carbocycles. The largest absolute Gasteiger partial charge is 0.368 e. The minimum atomic E-state index is -0.0287. The lowest BCUT2D eigenvalue weighted by Crippen LogP contribution is -2.36. The molecule has 1 aromatic rings. The highest BCUT2D eigenvalue weighted by molar-refractivity contribution is 5.20. The molecule has 5 nitrogen and oxygen atoms in total. The highest BCUT2D eigenvalue weighted by atomic mass is 16.5. The summed E-state index contributed by atoms with van der Waals surface area (Å²) < 4.78 is 5.69. The summed E-state index contributed by atoms with van der Waals surface area (Å²) in [5.74, 6) is 0.762. The van der Waals surface area contributed by atoms with Crippen molar-refractivity contribution in [2.24, 2.45) is 5.73 Å². The van der Waals surface area contributed by atoms with Gasteiger partial charge in [0.05, 0.1) is 6.61 Å². The van der Waals surface area contributed by atoms with Gasteiger partial charge in [0, 0.05) is 36.6 Å². The molecule has 1 fully saturated rings. The normalized spacial score (nSPS) is 23.6. The second-order valence-electron chi connectivity index (χ2n) is 4.68. The van der Waals surface area contributed by atoms with Gasteiger partial charge in [-0.25, -0.2) is 9.97 Å². The zero-order valence-electron chi connectivity index (χ0n) is 10.7. The molecule has 0 bridgehead atoms. The smallest absolute Gasteiger partial charge is 0.158 e. The highest BCUT2D eigenvalue weighted by Gasteiger charge is 2.22. The quantitative estimate of drug-likeness (QED) is 0.823. The first kappa shape index (κ1) is 12.4. The Morgan fingerprint density at radius 1 is 1.59 bits per heavy atom. The second kappa shape index (κ2) is 5.08. The van der Waals surface area contributed by atoms with Crippen molar-refractivity contribution in [1.82, 2.24) is 14.9 Å². The van der Waals surface area contributed by atoms with Gasteiger partial charge < -0.3 is 15.4 Å². The summed E-state index contributed by atoms with van der Waals surface area (Å²) in [6.45, 7) is 6.45. The first-order valence-corrected chi connectivity index (χ1v) is 5.97. The van der Waals surface area contributed by atoms with Crippen molar-refractivity contribution < 1.29 is 4.74 Å². The molecule has 1 aliphatic rings. The molecular weight excluding hydrogens is 216 g/mol. The third-order valence-corrected chi connectivity index (χ3v) is 3.08. The van der Waals surface area contributed by atoms with Gasteiger partial charge in [-0.2, -0.15) is 0 Å². The van der Waals surface area contributed by atoms with E-state index < -0.39 is 0 Å². The average molecular weight is 236 g/mol. The van der Waals surface area contributed by atoms with Crippen molar-refractivity contribution >= 4 is 0 Å². The minimum Gasteiger partial charge on any atom is -0.368 e. The Morgan fingerprint density at radius 2 is 2.35 bits per heavy atom. The molecule has 2 heterocycles. The van der Waals surface area contributed by atoms with E-state index in [1.807, 2.05) is 20.0 Å². The Kier molecular flexibility index (Phi) is 3.71. The fourth-order valence-corrected chi connectivity index (χ4v) is 2.03. The van der Waals surface area contributed by atoms with E-state index in [2.05, 4.69) is 21.9 Å². The maximum atomic E-state index is 5.85. The molecule has 2 N–H and O–H groups in total. The first-order chi connectivity index (χ1) is 8.08. The second-order valence-corrected chi connectivity index (χ2v) is 4.68. The van der Waals surface area contributed by atoms with Gasteiger partial charge in [0.1, 0.15) is 6.10 Å². The maximum absolute atomic E-state index is 5.85. The molecule has 0 radical (unpaired) electrons. The summed E-state index contributed by atoms with van der Waals surface area (Å²) >= 11 is 0. The molecule has 1 aliphatic heterocycles. The van der Waals surface area contributed by atoms with Crippen LogP contribution in [-0.2, 0) is 4.74 Å². The van der Waals surface area contributed by atoms with E-state index in [0.29, 0.717) is 0 Å². The summed E-state index contributed by atoms with van der Waals surface area (Å²) in [5.41, 5.74) is 7.79. The molecule has 1 aromatic heterocycles. The predicted molar refractivity (Wildman–Crippen MR) is 65.6 cm³/mol. The van der Waals surface area contributed by atoms with Crippen LogP contribution in [0.2, 0.25) is 0 Å². The van der Waals surface area contributed by atoms with Gasteiger partial charge in [-0.1, -0.05) is 0 Å². The van der Waals surface area contributed by atoms with Crippen molar-refractivity contribution in [3.8, 4) is 0 Å². The summed E-state index contributed by atoms with van der Waals surface area (Å²) in [4.78, 5) is 11.1. The standard InChI is InChI=1S/C12H20N4O/c1-8(13)10-6-14-12(15-9(10)2)11-7-16(3)4-5-17-11/h6,8,11H,4-5,7,13H2,1-3H3/t8-,11?/m0/s1. The number of hydrogen-bond acceptors (Lipinski definition) is 5. The molecule has 94 valence electrons. The van der Waals surface area contributed by atoms with Gasteiger partial charge >= 0.3 is 0 Å². The molecule has 1 unspecified atom stereocenters. The Hall–Kier alpha value is -1.04. The summed E-state index contributed by atoms with van der Waals surface area (Å²) in [7, 11) is 2.08. The van der Waals surface area contributed by atoms with Crippen LogP contribution in [0, 0.1) is 6.92 Å². The van der Waals surface area contributed by atoms with Crippen LogP contribution in [0.3, 0.4) is 0 Å². The van der Waals surface area contributed by atoms with Crippen molar-refractivity contribution in [1.29, 1.82) is 0 Å². The van der Waals surface area contributed by atoms with E-state index in [1.54, 1.807) is 0 Å². The molecule has 0 aliphatic carbocycles. The number of nitrogens with two attached hydrogens (primary N) is 1. The van der Waals surface area contributed by atoms with Gasteiger partial charge in [0.2, 0.25) is 0 Å². The van der Waals surface area contributed by atoms with Gasteiger partial charge in [-0.05, 0) is 20.9 Å². The Bertz CT molecular complexity index is 394. The molecule has 2 atom stereocenters. The zero-order chi connectivity index (χ0) is 12.4. The van der Waals surface area contributed by atoms with E-state index in [9.17, 15) is 0 Å². The number of rotatable bonds is 2. The van der Waals surface area contributed by atoms with E-state index in [4.69, 9.17) is 10.5 Å². The molecule has 2 rings (SSSR count). The Balaban J connectivity index is 2.19. The summed E-state index contributed by atoms with van der Waals surface area (Å²) in [5, 5.41) is 0. The SMILES string of the molecule is Cc1nc(C2CN(C)CCO2)ncc1[C@H](C)N. The van der Waals surface area contributed by atoms with Crippen molar-refractivity contribution in [2.75, 3.05) is 26.7 Å². The van der Waals surface area contributed by atoms with Gasteiger partial charge in [-0.3, -0.25) is 0 Å². The van der Waals surface area contributed by atoms with E-state index in [0.717, 1.165) is 36.8 Å². The van der Waals surface area contributed by atoms with Gasteiger partial charge in [0.25, 0.3) is 0 Å². The van der Waals surface area contributed by atoms with Crippen LogP contribution in [0.4, 0.5) is 0 Å². The molecule has 0 saturated carbocycles. The van der Waals surface area contributed by atoms with Crippen LogP contribution in [-0.4, -0.2) is 41.6 Å². The maximum Gasteiger partial charge on any atom is 0.158 e. The summed E-state index contributed by atoms with van der Waals surface area (Å²) in [6, 6.07) is -0.0287. The lowest BCUT2D eigenvalue weighted by atomic mass is 10.1. The molecule has 5 heteroatoms. The topological polar surface area (TPSA) is 64.3 Å². The third kappa shape index (κ3) is 2.80. The van der Waals surface area contributed by atoms with E-state index in [-0.39, 0.29) is 12.1 Å². The number of nitrogens with zero attached hydrogens (tertiary/aromatic N) is 3. The lowest BCUT2D eigenvalue weighted by Gasteiger charge is -2.29. The van der Waals surface area contributed by atoms with Crippen LogP contribution in [0.5, 0.6) is 0 Å². The number of hydrogen-bond donors (Lipinski definition) is 1. The fraction of sp³-hybridized carbons (Fsp3) is 0.667. The minimum absolute atomic E-state index is 0.0189. The summed E-state index contributed by atoms with van der Waals surface area (Å²) in [6.07, 6.45) is 1.80. The lowest BCUT2D eigenvalue weighted by molar-refractivity contribution is -0.0256. The monoisotopic (exact) mass is 236 g/mol. The number of likely N-dealkylation sites (N-methyl/N-ethyl adjacent to an activating group) is 1. The zero-order valence-corrected chi connectivity index (χ0v) is 10.7. The molecular formula is C12H20N4O. The molecule has 0 amide bonds. The number of aromatic nitrogens is 2. The molecule has 0 spiro atoms. The van der Waals surface area contributed by atoms with Crippen molar-refractivity contribution in [3.05, 3.63) is 23.3 Å². The third-order valence-electron chi connectivity index (χ3n) is 3.08. The van der Waals surface area contributed by atoms with Gasteiger partial charge in [0.15, 0.2) is 5.82 Å². The van der Waals surface area contributed by atoms with Crippen LogP contribution in [0.1, 0.15) is 36.2 Å². The number of ether oxygens (including phenoxy) is 1. The fourth-order valence-electron chi connectivity index (χ4n) is 2.03. The predicted octanol–water partition coefficient (Wildman–Crippen LogP) is 0.808. The van der Waals surface area contributed by atoms with Crippen LogP contribution >= 0.6 is 0 Å². The van der Waals surface area contributed by atoms with Crippen LogP contribution in [0.15, 0.2) is 6.20 Å². The molecule has 1 saturated heterocycles. The number of aryl methyl sites for hydroxylation is 1. The van der Waals surface area contributed by atoms with E-state index >= 15 is 0 Å². The highest BCUT2D eigenvalue weighted by Crippen LogP contribution is 2.20. The van der Waals surface area contributed by atoms with E-state index in [1.165, 1.54) is 0 Å². The van der Waals surface area contributed by atoms with Crippen LogP contribution < -0.4 is 5.73 Å². The number of morpholine rings is 1. The first-order valence-electron chi connectivity index (χ1n) is 5.97. The van der Waals surface area contributed by atoms with Gasteiger partial charge in [-0.15, -0.1) is 0 Å². The Labute approximate surface area is 102 Å². The van der Waals surface area contributed by atoms with Crippen molar-refractivity contribution in [3.63, 3.8) is 0 Å². The van der Waals surface area contributed by atoms with Crippen LogP contribution in [0.25, 0.3) is 0 Å². The molecule has 17 heavy (non-hydrogen) atoms. The average Bonchev–Trinajstić information content (AvgIpc) is 2.28. The Morgan fingerprint density at radius 3 is 2.94 bits per heavy atom.